The number of nitrogens with zero attached hydrogens (tertiary/aromatic N) is 1. The van der Waals surface area contributed by atoms with Gasteiger partial charge >= 0.3 is 0 Å². The van der Waals surface area contributed by atoms with E-state index in [0.29, 0.717) is 12.2 Å². The summed E-state index contributed by atoms with van der Waals surface area (Å²) in [6.07, 6.45) is 4.98. The van der Waals surface area contributed by atoms with Crippen molar-refractivity contribution in [3.63, 3.8) is 0 Å². The maximum Gasteiger partial charge on any atom is 0.253 e. The monoisotopic (exact) mass is 153 g/mol. The van der Waals surface area contributed by atoms with Crippen LogP contribution in [-0.2, 0) is 9.53 Å². The molecule has 0 unspecified atom stereocenters. The summed E-state index contributed by atoms with van der Waals surface area (Å²) in [6.45, 7) is 0.491. The molecule has 0 atom stereocenters. The average Bonchev–Trinajstić information content (AvgIpc) is 2.05. The molecule has 0 aromatic heterocycles. The van der Waals surface area contributed by atoms with Gasteiger partial charge in [-0.25, -0.2) is 0 Å². The molecular formula is C8H11NO2. The van der Waals surface area contributed by atoms with Gasteiger partial charge in [-0.15, -0.1) is 0 Å². The first kappa shape index (κ1) is 7.85. The Balaban J connectivity index is 2.67. The standard InChI is InChI=1S/C8H11NO2/c1-9(2)8(10)7-3-5-11-6-4-7/h3-5H,6H2,1-2H3. The summed E-state index contributed by atoms with van der Waals surface area (Å²) in [7, 11) is 3.46. The van der Waals surface area contributed by atoms with Gasteiger partial charge in [-0.3, -0.25) is 4.79 Å². The fourth-order valence-corrected chi connectivity index (χ4v) is 0.800. The molecule has 11 heavy (non-hydrogen) atoms. The van der Waals surface area contributed by atoms with Crippen LogP contribution in [0.4, 0.5) is 0 Å². The van der Waals surface area contributed by atoms with E-state index in [4.69, 9.17) is 4.74 Å². The lowest BCUT2D eigenvalue weighted by molar-refractivity contribution is -0.124. The summed E-state index contributed by atoms with van der Waals surface area (Å²) in [6, 6.07) is 0. The van der Waals surface area contributed by atoms with Crippen LogP contribution in [-0.4, -0.2) is 31.5 Å². The van der Waals surface area contributed by atoms with Gasteiger partial charge in [-0.2, -0.15) is 0 Å². The van der Waals surface area contributed by atoms with E-state index >= 15 is 0 Å². The van der Waals surface area contributed by atoms with Crippen LogP contribution < -0.4 is 0 Å². The van der Waals surface area contributed by atoms with Crippen LogP contribution in [0.5, 0.6) is 0 Å². The lowest BCUT2D eigenvalue weighted by Crippen LogP contribution is -2.23. The summed E-state index contributed by atoms with van der Waals surface area (Å²) in [4.78, 5) is 12.8. The molecule has 1 heterocycles. The zero-order chi connectivity index (χ0) is 8.27. The molecule has 0 aromatic rings. The van der Waals surface area contributed by atoms with Crippen molar-refractivity contribution >= 4 is 5.91 Å². The molecule has 0 bridgehead atoms. The Hall–Kier alpha value is -1.25. The average molecular weight is 153 g/mol. The minimum absolute atomic E-state index is 0.0181. The fourth-order valence-electron chi connectivity index (χ4n) is 0.800. The van der Waals surface area contributed by atoms with Gasteiger partial charge < -0.3 is 9.64 Å². The Morgan fingerprint density at radius 2 is 2.36 bits per heavy atom. The quantitative estimate of drug-likeness (QED) is 0.550. The minimum atomic E-state index is 0.0181. The Morgan fingerprint density at radius 3 is 2.82 bits per heavy atom. The SMILES string of the molecule is CN(C)C(=O)C1=CCOC=C1. The zero-order valence-electron chi connectivity index (χ0n) is 6.70. The van der Waals surface area contributed by atoms with Crippen LogP contribution in [0.1, 0.15) is 0 Å². The van der Waals surface area contributed by atoms with Gasteiger partial charge in [0.25, 0.3) is 5.91 Å². The number of carbonyl (C=O) groups excluding carboxylic acids is 1. The largest absolute Gasteiger partial charge is 0.497 e. The Labute approximate surface area is 65.9 Å². The lowest BCUT2D eigenvalue weighted by Gasteiger charge is -2.12. The maximum absolute atomic E-state index is 11.2. The van der Waals surface area contributed by atoms with Crippen molar-refractivity contribution in [2.45, 2.75) is 0 Å². The molecule has 0 aromatic carbocycles. The van der Waals surface area contributed by atoms with Crippen LogP contribution in [0, 0.1) is 0 Å². The van der Waals surface area contributed by atoms with Crippen molar-refractivity contribution in [1.29, 1.82) is 0 Å². The molecule has 0 spiro atoms. The highest BCUT2D eigenvalue weighted by Gasteiger charge is 2.09. The third-order valence-electron chi connectivity index (χ3n) is 1.40. The first-order valence-electron chi connectivity index (χ1n) is 3.42. The number of carbonyl (C=O) groups is 1. The lowest BCUT2D eigenvalue weighted by atomic mass is 10.2. The third-order valence-corrected chi connectivity index (χ3v) is 1.40. The van der Waals surface area contributed by atoms with Gasteiger partial charge in [0, 0.05) is 19.7 Å². The number of hydrogen-bond acceptors (Lipinski definition) is 2. The molecule has 0 saturated carbocycles. The topological polar surface area (TPSA) is 29.5 Å². The molecule has 1 aliphatic heterocycles. The van der Waals surface area contributed by atoms with E-state index in [9.17, 15) is 4.79 Å². The molecule has 60 valence electrons. The molecule has 3 nitrogen and oxygen atoms in total. The summed E-state index contributed by atoms with van der Waals surface area (Å²) < 4.78 is 4.90. The predicted octanol–water partition coefficient (Wildman–Crippen LogP) is 0.545. The van der Waals surface area contributed by atoms with Gasteiger partial charge in [0.1, 0.15) is 6.61 Å². The number of amides is 1. The van der Waals surface area contributed by atoms with Crippen molar-refractivity contribution in [3.05, 3.63) is 24.0 Å². The van der Waals surface area contributed by atoms with E-state index in [1.807, 2.05) is 0 Å². The Bertz CT molecular complexity index is 216. The molecular weight excluding hydrogens is 142 g/mol. The van der Waals surface area contributed by atoms with Crippen molar-refractivity contribution in [3.8, 4) is 0 Å². The maximum atomic E-state index is 11.2. The Morgan fingerprint density at radius 1 is 1.64 bits per heavy atom. The molecule has 0 fully saturated rings. The fraction of sp³-hybridized carbons (Fsp3) is 0.375. The molecule has 0 saturated heterocycles. The van der Waals surface area contributed by atoms with Crippen molar-refractivity contribution in [1.82, 2.24) is 4.90 Å². The molecule has 0 aliphatic carbocycles. The predicted molar refractivity (Wildman–Crippen MR) is 41.9 cm³/mol. The van der Waals surface area contributed by atoms with Crippen LogP contribution in [0.25, 0.3) is 0 Å². The van der Waals surface area contributed by atoms with E-state index in [-0.39, 0.29) is 5.91 Å². The summed E-state index contributed by atoms with van der Waals surface area (Å²) in [5.74, 6) is 0.0181. The zero-order valence-corrected chi connectivity index (χ0v) is 6.70. The van der Waals surface area contributed by atoms with E-state index in [1.165, 1.54) is 6.26 Å². The third kappa shape index (κ3) is 1.83. The second-order valence-electron chi connectivity index (χ2n) is 2.50. The molecule has 0 radical (unpaired) electrons. The van der Waals surface area contributed by atoms with Gasteiger partial charge in [0.15, 0.2) is 0 Å². The molecule has 1 rings (SSSR count). The van der Waals surface area contributed by atoms with Crippen LogP contribution in [0.3, 0.4) is 0 Å². The van der Waals surface area contributed by atoms with Crippen LogP contribution in [0.2, 0.25) is 0 Å². The van der Waals surface area contributed by atoms with Gasteiger partial charge in [-0.1, -0.05) is 0 Å². The smallest absolute Gasteiger partial charge is 0.253 e. The second-order valence-corrected chi connectivity index (χ2v) is 2.50. The summed E-state index contributed by atoms with van der Waals surface area (Å²) in [5, 5.41) is 0. The molecule has 3 heteroatoms. The Kier molecular flexibility index (Phi) is 2.31. The van der Waals surface area contributed by atoms with Crippen molar-refractivity contribution < 1.29 is 9.53 Å². The second kappa shape index (κ2) is 3.23. The number of rotatable bonds is 1. The minimum Gasteiger partial charge on any atom is -0.497 e. The molecule has 0 N–H and O–H groups in total. The van der Waals surface area contributed by atoms with Gasteiger partial charge in [0.05, 0.1) is 6.26 Å². The number of likely N-dealkylation sites (N-methyl/N-ethyl adjacent to an activating group) is 1. The van der Waals surface area contributed by atoms with E-state index < -0.39 is 0 Å². The van der Waals surface area contributed by atoms with Crippen LogP contribution >= 0.6 is 0 Å². The molecule has 1 amide bonds. The number of hydrogen-bond donors (Lipinski definition) is 0. The van der Waals surface area contributed by atoms with E-state index in [2.05, 4.69) is 0 Å². The van der Waals surface area contributed by atoms with Crippen molar-refractivity contribution in [2.24, 2.45) is 0 Å². The van der Waals surface area contributed by atoms with Crippen LogP contribution in [0.15, 0.2) is 24.0 Å². The van der Waals surface area contributed by atoms with Gasteiger partial charge in [0.2, 0.25) is 0 Å². The highest BCUT2D eigenvalue weighted by molar-refractivity contribution is 5.95. The van der Waals surface area contributed by atoms with Crippen molar-refractivity contribution in [2.75, 3.05) is 20.7 Å². The van der Waals surface area contributed by atoms with E-state index in [1.54, 1.807) is 31.1 Å². The first-order chi connectivity index (χ1) is 5.22. The summed E-state index contributed by atoms with van der Waals surface area (Å²) >= 11 is 0. The highest BCUT2D eigenvalue weighted by Crippen LogP contribution is 2.05. The normalized spacial score (nSPS) is 15.3. The van der Waals surface area contributed by atoms with E-state index in [0.717, 1.165) is 0 Å². The summed E-state index contributed by atoms with van der Waals surface area (Å²) in [5.41, 5.74) is 0.696. The van der Waals surface area contributed by atoms with Gasteiger partial charge in [-0.05, 0) is 12.2 Å². The molecule has 1 aliphatic rings. The first-order valence-corrected chi connectivity index (χ1v) is 3.42. The highest BCUT2D eigenvalue weighted by atomic mass is 16.5. The number of ether oxygens (including phenoxy) is 1.